The lowest BCUT2D eigenvalue weighted by molar-refractivity contribution is -0.00353. The van der Waals surface area contributed by atoms with Gasteiger partial charge in [0.1, 0.15) is 16.5 Å². The van der Waals surface area contributed by atoms with Gasteiger partial charge in [-0.3, -0.25) is 4.90 Å². The fraction of sp³-hybridized carbons (Fsp3) is 0.462. The normalized spacial score (nSPS) is 19.9. The van der Waals surface area contributed by atoms with Gasteiger partial charge in [-0.25, -0.2) is 9.97 Å². The van der Waals surface area contributed by atoms with Crippen molar-refractivity contribution in [3.05, 3.63) is 17.3 Å². The van der Waals surface area contributed by atoms with Gasteiger partial charge >= 0.3 is 0 Å². The van der Waals surface area contributed by atoms with Gasteiger partial charge in [-0.2, -0.15) is 5.26 Å². The van der Waals surface area contributed by atoms with E-state index in [9.17, 15) is 0 Å². The molecule has 0 spiro atoms. The standard InChI is InChI=1S/C13H15N5OS/c1-15-12-10-2-5-20-13(10)17-11(16-12)8-18-3-4-19-9(6-14)7-18/h2,5,9H,3-4,7-8H2,1H3,(H,15,16,17). The molecule has 0 aliphatic carbocycles. The fourth-order valence-electron chi connectivity index (χ4n) is 2.29. The van der Waals surface area contributed by atoms with Crippen molar-refractivity contribution in [2.24, 2.45) is 0 Å². The Morgan fingerprint density at radius 3 is 3.30 bits per heavy atom. The largest absolute Gasteiger partial charge is 0.372 e. The zero-order valence-corrected chi connectivity index (χ0v) is 12.0. The second-order valence-corrected chi connectivity index (χ2v) is 5.50. The predicted molar refractivity (Wildman–Crippen MR) is 77.6 cm³/mol. The van der Waals surface area contributed by atoms with Gasteiger partial charge in [-0.1, -0.05) is 0 Å². The lowest BCUT2D eigenvalue weighted by Gasteiger charge is -2.28. The minimum atomic E-state index is -0.349. The van der Waals surface area contributed by atoms with E-state index in [1.165, 1.54) is 0 Å². The molecule has 7 heteroatoms. The van der Waals surface area contributed by atoms with E-state index in [0.29, 0.717) is 19.7 Å². The number of anilines is 1. The van der Waals surface area contributed by atoms with Gasteiger partial charge in [-0.05, 0) is 11.4 Å². The topological polar surface area (TPSA) is 74.1 Å². The van der Waals surface area contributed by atoms with Crippen LogP contribution in [0.4, 0.5) is 5.82 Å². The molecule has 0 amide bonds. The highest BCUT2D eigenvalue weighted by Crippen LogP contribution is 2.25. The Balaban J connectivity index is 1.82. The van der Waals surface area contributed by atoms with Crippen LogP contribution in [0.2, 0.25) is 0 Å². The Bertz CT molecular complexity index is 650. The fourth-order valence-corrected chi connectivity index (χ4v) is 3.07. The van der Waals surface area contributed by atoms with Crippen LogP contribution in [0.15, 0.2) is 11.4 Å². The summed E-state index contributed by atoms with van der Waals surface area (Å²) in [5.41, 5.74) is 0. The Kier molecular flexibility index (Phi) is 3.78. The number of hydrogen-bond donors (Lipinski definition) is 1. The Hall–Kier alpha value is -1.75. The van der Waals surface area contributed by atoms with E-state index < -0.39 is 0 Å². The van der Waals surface area contributed by atoms with Gasteiger partial charge in [0.2, 0.25) is 0 Å². The van der Waals surface area contributed by atoms with Crippen molar-refractivity contribution in [2.75, 3.05) is 32.1 Å². The first kappa shape index (κ1) is 13.2. The number of nitriles is 1. The number of ether oxygens (including phenoxy) is 1. The second-order valence-electron chi connectivity index (χ2n) is 4.60. The Morgan fingerprint density at radius 1 is 1.60 bits per heavy atom. The molecule has 1 N–H and O–H groups in total. The van der Waals surface area contributed by atoms with E-state index in [2.05, 4.69) is 26.3 Å². The summed E-state index contributed by atoms with van der Waals surface area (Å²) in [5.74, 6) is 1.64. The van der Waals surface area contributed by atoms with Crippen molar-refractivity contribution < 1.29 is 4.74 Å². The minimum absolute atomic E-state index is 0.349. The molecular formula is C13H15N5OS. The Morgan fingerprint density at radius 2 is 2.50 bits per heavy atom. The zero-order valence-electron chi connectivity index (χ0n) is 11.2. The molecule has 3 rings (SSSR count). The predicted octanol–water partition coefficient (Wildman–Crippen LogP) is 1.46. The summed E-state index contributed by atoms with van der Waals surface area (Å²) in [5, 5.41) is 15.1. The highest BCUT2D eigenvalue weighted by molar-refractivity contribution is 7.16. The number of hydrogen-bond acceptors (Lipinski definition) is 7. The zero-order chi connectivity index (χ0) is 13.9. The lowest BCUT2D eigenvalue weighted by Crippen LogP contribution is -2.41. The molecular weight excluding hydrogens is 274 g/mol. The van der Waals surface area contributed by atoms with Gasteiger partial charge < -0.3 is 10.1 Å². The highest BCUT2D eigenvalue weighted by atomic mass is 32.1. The van der Waals surface area contributed by atoms with Crippen molar-refractivity contribution in [1.82, 2.24) is 14.9 Å². The number of fused-ring (bicyclic) bond motifs is 1. The van der Waals surface area contributed by atoms with Crippen LogP contribution < -0.4 is 5.32 Å². The molecule has 1 fully saturated rings. The first-order chi connectivity index (χ1) is 9.80. The summed E-state index contributed by atoms with van der Waals surface area (Å²) in [7, 11) is 1.86. The molecule has 0 saturated carbocycles. The van der Waals surface area contributed by atoms with Crippen molar-refractivity contribution >= 4 is 27.4 Å². The average molecular weight is 289 g/mol. The van der Waals surface area contributed by atoms with Crippen LogP contribution in [0.1, 0.15) is 5.82 Å². The lowest BCUT2D eigenvalue weighted by atomic mass is 10.3. The SMILES string of the molecule is CNc1nc(CN2CCOC(C#N)C2)nc2sccc12. The molecule has 1 aliphatic heterocycles. The van der Waals surface area contributed by atoms with Gasteiger partial charge in [0.15, 0.2) is 6.10 Å². The number of rotatable bonds is 3. The summed E-state index contributed by atoms with van der Waals surface area (Å²) in [6, 6.07) is 4.18. The summed E-state index contributed by atoms with van der Waals surface area (Å²) in [6.45, 7) is 2.64. The highest BCUT2D eigenvalue weighted by Gasteiger charge is 2.21. The molecule has 104 valence electrons. The molecule has 1 aliphatic rings. The molecule has 0 radical (unpaired) electrons. The van der Waals surface area contributed by atoms with Crippen molar-refractivity contribution in [3.8, 4) is 6.07 Å². The molecule has 0 aromatic carbocycles. The molecule has 0 bridgehead atoms. The van der Waals surface area contributed by atoms with Crippen molar-refractivity contribution in [2.45, 2.75) is 12.6 Å². The average Bonchev–Trinajstić information content (AvgIpc) is 2.95. The van der Waals surface area contributed by atoms with E-state index in [0.717, 1.165) is 28.4 Å². The van der Waals surface area contributed by atoms with Crippen LogP contribution in [-0.2, 0) is 11.3 Å². The molecule has 2 aromatic rings. The maximum Gasteiger partial charge on any atom is 0.156 e. The Labute approximate surface area is 121 Å². The quantitative estimate of drug-likeness (QED) is 0.922. The van der Waals surface area contributed by atoms with Crippen LogP contribution in [0, 0.1) is 11.3 Å². The van der Waals surface area contributed by atoms with Crippen LogP contribution >= 0.6 is 11.3 Å². The molecule has 1 saturated heterocycles. The number of nitrogens with zero attached hydrogens (tertiary/aromatic N) is 4. The van der Waals surface area contributed by atoms with Crippen LogP contribution in [-0.4, -0.2) is 47.7 Å². The first-order valence-corrected chi connectivity index (χ1v) is 7.33. The van der Waals surface area contributed by atoms with Gasteiger partial charge in [0, 0.05) is 20.1 Å². The van der Waals surface area contributed by atoms with Crippen LogP contribution in [0.5, 0.6) is 0 Å². The third kappa shape index (κ3) is 2.58. The first-order valence-electron chi connectivity index (χ1n) is 6.45. The van der Waals surface area contributed by atoms with Crippen molar-refractivity contribution in [1.29, 1.82) is 5.26 Å². The number of aromatic nitrogens is 2. The van der Waals surface area contributed by atoms with Crippen LogP contribution in [0.3, 0.4) is 0 Å². The van der Waals surface area contributed by atoms with Crippen molar-refractivity contribution in [3.63, 3.8) is 0 Å². The van der Waals surface area contributed by atoms with E-state index in [4.69, 9.17) is 10.00 Å². The van der Waals surface area contributed by atoms with E-state index in [1.807, 2.05) is 18.5 Å². The summed E-state index contributed by atoms with van der Waals surface area (Å²) < 4.78 is 5.34. The molecule has 2 aromatic heterocycles. The summed E-state index contributed by atoms with van der Waals surface area (Å²) >= 11 is 1.61. The summed E-state index contributed by atoms with van der Waals surface area (Å²) in [4.78, 5) is 12.3. The number of thiophene rings is 1. The van der Waals surface area contributed by atoms with Gasteiger partial charge in [0.05, 0.1) is 24.6 Å². The maximum absolute atomic E-state index is 8.93. The smallest absolute Gasteiger partial charge is 0.156 e. The van der Waals surface area contributed by atoms with E-state index >= 15 is 0 Å². The molecule has 6 nitrogen and oxygen atoms in total. The minimum Gasteiger partial charge on any atom is -0.372 e. The molecule has 1 unspecified atom stereocenters. The number of nitrogens with one attached hydrogen (secondary N) is 1. The van der Waals surface area contributed by atoms with Gasteiger partial charge in [0.25, 0.3) is 0 Å². The molecule has 1 atom stereocenters. The maximum atomic E-state index is 8.93. The van der Waals surface area contributed by atoms with E-state index in [1.54, 1.807) is 11.3 Å². The monoisotopic (exact) mass is 289 g/mol. The molecule has 3 heterocycles. The van der Waals surface area contributed by atoms with E-state index in [-0.39, 0.29) is 6.10 Å². The molecule has 20 heavy (non-hydrogen) atoms. The second kappa shape index (κ2) is 5.71. The third-order valence-corrected chi connectivity index (χ3v) is 4.07. The third-order valence-electron chi connectivity index (χ3n) is 3.27. The summed E-state index contributed by atoms with van der Waals surface area (Å²) in [6.07, 6.45) is -0.349. The van der Waals surface area contributed by atoms with Crippen LogP contribution in [0.25, 0.3) is 10.2 Å². The number of morpholine rings is 1. The van der Waals surface area contributed by atoms with Gasteiger partial charge in [-0.15, -0.1) is 11.3 Å².